The Balaban J connectivity index is 2.03. The highest BCUT2D eigenvalue weighted by Crippen LogP contribution is 2.07. The lowest BCUT2D eigenvalue weighted by atomic mass is 10.0. The highest BCUT2D eigenvalue weighted by atomic mass is 32.2. The minimum Gasteiger partial charge on any atom is -0.480 e. The first-order valence-corrected chi connectivity index (χ1v) is 13.1. The van der Waals surface area contributed by atoms with Crippen LogP contribution < -0.4 is 10.6 Å². The number of rotatable bonds is 13. The molecule has 2 atom stereocenters. The van der Waals surface area contributed by atoms with Crippen LogP contribution in [0.1, 0.15) is 24.0 Å². The number of carbonyl (C=O) groups excluding carboxylic acids is 3. The minimum absolute atomic E-state index is 0.0202. The van der Waals surface area contributed by atoms with Gasteiger partial charge in [0.25, 0.3) is 0 Å². The summed E-state index contributed by atoms with van der Waals surface area (Å²) in [5, 5.41) is 14.5. The Labute approximate surface area is 202 Å². The standard InChI is InChI=1S/C25H30N2O6S/c1-34(2)17-20(28)13-14-21(24(30)31)26-23(29)22(15-18-9-5-3-6-10-18)27-25(32)33-16-19-11-7-4-8-12-19/h3-12,21-22H,13-17H2,1-2H3,(H2-,26,27,29,30,31,32)/p+1. The predicted octanol–water partition coefficient (Wildman–Crippen LogP) is 2.32. The molecule has 0 bridgehead atoms. The molecule has 2 amide bonds. The van der Waals surface area contributed by atoms with Crippen molar-refractivity contribution in [1.82, 2.24) is 10.6 Å². The summed E-state index contributed by atoms with van der Waals surface area (Å²) >= 11 is 0. The van der Waals surface area contributed by atoms with Gasteiger partial charge < -0.3 is 20.5 Å². The zero-order valence-corrected chi connectivity index (χ0v) is 20.2. The van der Waals surface area contributed by atoms with Crippen molar-refractivity contribution in [3.05, 3.63) is 71.8 Å². The summed E-state index contributed by atoms with van der Waals surface area (Å²) in [7, 11) is -0.0803. The van der Waals surface area contributed by atoms with Crippen LogP contribution in [0.2, 0.25) is 0 Å². The second-order valence-corrected chi connectivity index (χ2v) is 10.3. The van der Waals surface area contributed by atoms with Crippen LogP contribution in [0.4, 0.5) is 4.79 Å². The van der Waals surface area contributed by atoms with Crippen molar-refractivity contribution in [2.45, 2.75) is 38.0 Å². The average Bonchev–Trinajstić information content (AvgIpc) is 2.80. The second kappa shape index (κ2) is 14.0. The summed E-state index contributed by atoms with van der Waals surface area (Å²) in [6.45, 7) is 0.0305. The van der Waals surface area contributed by atoms with E-state index in [0.29, 0.717) is 5.75 Å². The number of Topliss-reactive ketones (excluding diaryl/α,β-unsaturated/α-hetero) is 1. The van der Waals surface area contributed by atoms with Crippen LogP contribution >= 0.6 is 0 Å². The number of alkyl carbamates (subject to hydrolysis) is 1. The molecule has 0 aliphatic rings. The monoisotopic (exact) mass is 487 g/mol. The van der Waals surface area contributed by atoms with Gasteiger partial charge in [0.1, 0.15) is 18.7 Å². The molecule has 9 heteroatoms. The first kappa shape index (κ1) is 26.9. The van der Waals surface area contributed by atoms with Gasteiger partial charge in [-0.05, 0) is 28.4 Å². The van der Waals surface area contributed by atoms with Gasteiger partial charge in [0.2, 0.25) is 5.91 Å². The lowest BCUT2D eigenvalue weighted by Crippen LogP contribution is -2.52. The molecule has 2 aromatic rings. The number of carboxylic acid groups (broad SMARTS) is 1. The molecular weight excluding hydrogens is 456 g/mol. The fourth-order valence-corrected chi connectivity index (χ4v) is 3.98. The summed E-state index contributed by atoms with van der Waals surface area (Å²) in [6, 6.07) is 15.8. The average molecular weight is 488 g/mol. The maximum Gasteiger partial charge on any atom is 0.408 e. The summed E-state index contributed by atoms with van der Waals surface area (Å²) in [6.07, 6.45) is 3.26. The fraction of sp³-hybridized carbons (Fsp3) is 0.360. The Bertz CT molecular complexity index is 952. The lowest BCUT2D eigenvalue weighted by Gasteiger charge is -2.21. The highest BCUT2D eigenvalue weighted by molar-refractivity contribution is 7.96. The van der Waals surface area contributed by atoms with Crippen LogP contribution in [0.15, 0.2) is 60.7 Å². The SMILES string of the molecule is C[S+](C)CC(=O)CCC(NC(=O)C(Cc1ccccc1)NC(=O)OCc1ccccc1)C(=O)O. The quantitative estimate of drug-likeness (QED) is 0.373. The molecule has 0 spiro atoms. The van der Waals surface area contributed by atoms with Gasteiger partial charge in [0.05, 0.1) is 12.5 Å². The first-order chi connectivity index (χ1) is 16.2. The van der Waals surface area contributed by atoms with Crippen molar-refractivity contribution >= 4 is 34.6 Å². The van der Waals surface area contributed by atoms with Crippen LogP contribution in [0.3, 0.4) is 0 Å². The van der Waals surface area contributed by atoms with Gasteiger partial charge in [-0.25, -0.2) is 9.59 Å². The molecule has 34 heavy (non-hydrogen) atoms. The molecular formula is C25H31N2O6S+. The Kier molecular flexibility index (Phi) is 11.1. The molecule has 0 radical (unpaired) electrons. The molecule has 0 aromatic heterocycles. The van der Waals surface area contributed by atoms with Crippen molar-refractivity contribution in [3.8, 4) is 0 Å². The van der Waals surface area contributed by atoms with Crippen molar-refractivity contribution < 1.29 is 29.0 Å². The number of hydrogen-bond donors (Lipinski definition) is 3. The molecule has 2 rings (SSSR count). The predicted molar refractivity (Wildman–Crippen MR) is 132 cm³/mol. The molecule has 0 aliphatic carbocycles. The number of carboxylic acids is 1. The number of hydrogen-bond acceptors (Lipinski definition) is 5. The Morgan fingerprint density at radius 1 is 0.882 bits per heavy atom. The van der Waals surface area contributed by atoms with Crippen LogP contribution in [0, 0.1) is 0 Å². The van der Waals surface area contributed by atoms with Gasteiger partial charge in [0.15, 0.2) is 11.5 Å². The third-order valence-corrected chi connectivity index (χ3v) is 5.78. The highest BCUT2D eigenvalue weighted by Gasteiger charge is 2.28. The van der Waals surface area contributed by atoms with Crippen molar-refractivity contribution in [1.29, 1.82) is 0 Å². The number of ketones is 1. The van der Waals surface area contributed by atoms with Crippen molar-refractivity contribution in [2.24, 2.45) is 0 Å². The lowest BCUT2D eigenvalue weighted by molar-refractivity contribution is -0.142. The Morgan fingerprint density at radius 3 is 2.03 bits per heavy atom. The summed E-state index contributed by atoms with van der Waals surface area (Å²) in [5.41, 5.74) is 1.57. The van der Waals surface area contributed by atoms with E-state index in [1.54, 1.807) is 36.4 Å². The first-order valence-electron chi connectivity index (χ1n) is 10.8. The summed E-state index contributed by atoms with van der Waals surface area (Å²) < 4.78 is 5.22. The van der Waals surface area contributed by atoms with E-state index in [1.165, 1.54) is 0 Å². The molecule has 8 nitrogen and oxygen atoms in total. The topological polar surface area (TPSA) is 122 Å². The second-order valence-electron chi connectivity index (χ2n) is 8.06. The molecule has 0 saturated carbocycles. The van der Waals surface area contributed by atoms with E-state index in [2.05, 4.69) is 10.6 Å². The number of ether oxygens (including phenoxy) is 1. The van der Waals surface area contributed by atoms with Gasteiger partial charge in [-0.15, -0.1) is 0 Å². The normalized spacial score (nSPS) is 12.4. The maximum absolute atomic E-state index is 13.0. The molecule has 2 unspecified atom stereocenters. The van der Waals surface area contributed by atoms with E-state index in [0.717, 1.165) is 11.1 Å². The van der Waals surface area contributed by atoms with Gasteiger partial charge in [-0.2, -0.15) is 0 Å². The molecule has 0 fully saturated rings. The zero-order chi connectivity index (χ0) is 24.9. The van der Waals surface area contributed by atoms with Gasteiger partial charge in [-0.1, -0.05) is 60.7 Å². The van der Waals surface area contributed by atoms with Crippen LogP contribution in [0.25, 0.3) is 0 Å². The van der Waals surface area contributed by atoms with Gasteiger partial charge in [-0.3, -0.25) is 9.59 Å². The molecule has 0 aliphatic heterocycles. The summed E-state index contributed by atoms with van der Waals surface area (Å²) in [5.74, 6) is -1.56. The van der Waals surface area contributed by atoms with Crippen LogP contribution in [-0.4, -0.2) is 59.2 Å². The van der Waals surface area contributed by atoms with Crippen molar-refractivity contribution in [3.63, 3.8) is 0 Å². The fourth-order valence-electron chi connectivity index (χ4n) is 3.20. The van der Waals surface area contributed by atoms with E-state index >= 15 is 0 Å². The van der Waals surface area contributed by atoms with Crippen molar-refractivity contribution in [2.75, 3.05) is 18.3 Å². The largest absolute Gasteiger partial charge is 0.480 e. The van der Waals surface area contributed by atoms with E-state index in [4.69, 9.17) is 4.74 Å². The Hall–Kier alpha value is -3.33. The third kappa shape index (κ3) is 10.1. The number of carbonyl (C=O) groups is 4. The number of benzene rings is 2. The van der Waals surface area contributed by atoms with Gasteiger partial charge >= 0.3 is 12.1 Å². The molecule has 0 heterocycles. The Morgan fingerprint density at radius 2 is 1.47 bits per heavy atom. The number of aliphatic carboxylic acids is 1. The van der Waals surface area contributed by atoms with E-state index < -0.39 is 30.1 Å². The van der Waals surface area contributed by atoms with Crippen LogP contribution in [0.5, 0.6) is 0 Å². The molecule has 0 saturated heterocycles. The number of nitrogens with one attached hydrogen (secondary N) is 2. The number of amides is 2. The minimum atomic E-state index is -1.24. The van der Waals surface area contributed by atoms with Crippen LogP contribution in [-0.2, 0) is 43.0 Å². The smallest absolute Gasteiger partial charge is 0.408 e. The summed E-state index contributed by atoms with van der Waals surface area (Å²) in [4.78, 5) is 49.1. The zero-order valence-electron chi connectivity index (χ0n) is 19.4. The maximum atomic E-state index is 13.0. The molecule has 3 N–H and O–H groups in total. The third-order valence-electron chi connectivity index (χ3n) is 4.88. The molecule has 2 aromatic carbocycles. The molecule has 182 valence electrons. The van der Waals surface area contributed by atoms with E-state index in [1.807, 2.05) is 36.8 Å². The van der Waals surface area contributed by atoms with E-state index in [-0.39, 0.29) is 42.5 Å². The van der Waals surface area contributed by atoms with E-state index in [9.17, 15) is 24.3 Å². The van der Waals surface area contributed by atoms with Gasteiger partial charge in [0, 0.05) is 12.8 Å².